The summed E-state index contributed by atoms with van der Waals surface area (Å²) in [7, 11) is 0. The number of aryl methyl sites for hydroxylation is 1. The summed E-state index contributed by atoms with van der Waals surface area (Å²) in [5.74, 6) is -0.134. The van der Waals surface area contributed by atoms with E-state index >= 15 is 0 Å². The summed E-state index contributed by atoms with van der Waals surface area (Å²) in [4.78, 5) is 12.2. The second kappa shape index (κ2) is 6.84. The summed E-state index contributed by atoms with van der Waals surface area (Å²) in [5, 5.41) is 12.6. The fourth-order valence-electron chi connectivity index (χ4n) is 2.21. The van der Waals surface area contributed by atoms with Gasteiger partial charge in [0.05, 0.1) is 12.1 Å². The molecule has 0 saturated carbocycles. The van der Waals surface area contributed by atoms with Crippen LogP contribution in [-0.2, 0) is 0 Å². The molecule has 0 aliphatic heterocycles. The van der Waals surface area contributed by atoms with Gasteiger partial charge in [-0.1, -0.05) is 72.2 Å². The molecule has 0 fully saturated rings. The van der Waals surface area contributed by atoms with Crippen LogP contribution in [0.25, 0.3) is 0 Å². The molecule has 0 saturated heterocycles. The number of nitrogens with zero attached hydrogens (tertiary/aromatic N) is 1. The molecule has 2 rings (SSSR count). The maximum Gasteiger partial charge on any atom is 0.168 e. The van der Waals surface area contributed by atoms with E-state index in [0.717, 1.165) is 5.56 Å². The predicted molar refractivity (Wildman–Crippen MR) is 84.2 cm³/mol. The highest BCUT2D eigenvalue weighted by molar-refractivity contribution is 6.11. The maximum absolute atomic E-state index is 12.2. The van der Waals surface area contributed by atoms with Crippen LogP contribution in [-0.4, -0.2) is 16.7 Å². The Labute approximate surface area is 124 Å². The van der Waals surface area contributed by atoms with E-state index in [-0.39, 0.29) is 18.1 Å². The van der Waals surface area contributed by atoms with Crippen LogP contribution in [0.15, 0.2) is 59.8 Å². The van der Waals surface area contributed by atoms with Crippen molar-refractivity contribution in [3.8, 4) is 0 Å². The Bertz CT molecular complexity index is 630. The molecule has 21 heavy (non-hydrogen) atoms. The van der Waals surface area contributed by atoms with Gasteiger partial charge < -0.3 is 5.21 Å². The Morgan fingerprint density at radius 1 is 1.10 bits per heavy atom. The number of hydrogen-bond acceptors (Lipinski definition) is 3. The maximum atomic E-state index is 12.2. The third-order valence-corrected chi connectivity index (χ3v) is 3.64. The molecule has 0 aliphatic rings. The summed E-state index contributed by atoms with van der Waals surface area (Å²) in [6.45, 7) is 3.96. The van der Waals surface area contributed by atoms with Gasteiger partial charge in [0.2, 0.25) is 0 Å². The van der Waals surface area contributed by atoms with Crippen molar-refractivity contribution in [1.82, 2.24) is 0 Å². The molecule has 1 N–H and O–H groups in total. The van der Waals surface area contributed by atoms with E-state index in [1.54, 1.807) is 12.1 Å². The van der Waals surface area contributed by atoms with Crippen LogP contribution < -0.4 is 0 Å². The smallest absolute Gasteiger partial charge is 0.168 e. The monoisotopic (exact) mass is 281 g/mol. The molecule has 0 amide bonds. The van der Waals surface area contributed by atoms with Crippen molar-refractivity contribution >= 4 is 11.5 Å². The van der Waals surface area contributed by atoms with E-state index in [2.05, 4.69) is 5.16 Å². The van der Waals surface area contributed by atoms with Crippen LogP contribution in [0.3, 0.4) is 0 Å². The molecular weight excluding hydrogens is 262 g/mol. The van der Waals surface area contributed by atoms with E-state index in [0.29, 0.717) is 11.3 Å². The SMILES string of the molecule is Cc1ccc(C(C)C(CC(=O)c2ccccc2)=NO)cc1. The molecule has 3 nitrogen and oxygen atoms in total. The number of carbonyl (C=O) groups is 1. The van der Waals surface area contributed by atoms with Crippen LogP contribution in [0.4, 0.5) is 0 Å². The van der Waals surface area contributed by atoms with Gasteiger partial charge in [-0.05, 0) is 12.5 Å². The van der Waals surface area contributed by atoms with Crippen molar-refractivity contribution in [2.75, 3.05) is 0 Å². The second-order valence-corrected chi connectivity index (χ2v) is 5.19. The molecule has 0 spiro atoms. The lowest BCUT2D eigenvalue weighted by Gasteiger charge is -2.13. The minimum Gasteiger partial charge on any atom is -0.411 e. The van der Waals surface area contributed by atoms with Crippen molar-refractivity contribution in [3.63, 3.8) is 0 Å². The Balaban J connectivity index is 2.13. The van der Waals surface area contributed by atoms with Crippen molar-refractivity contribution in [3.05, 3.63) is 71.3 Å². The van der Waals surface area contributed by atoms with Gasteiger partial charge in [0, 0.05) is 11.5 Å². The number of rotatable bonds is 5. The molecule has 1 atom stereocenters. The lowest BCUT2D eigenvalue weighted by molar-refractivity contribution is 0.0998. The first kappa shape index (κ1) is 15.0. The number of benzene rings is 2. The molecule has 3 heteroatoms. The van der Waals surface area contributed by atoms with Gasteiger partial charge >= 0.3 is 0 Å². The first-order valence-corrected chi connectivity index (χ1v) is 6.97. The van der Waals surface area contributed by atoms with Gasteiger partial charge in [0.1, 0.15) is 0 Å². The van der Waals surface area contributed by atoms with Crippen LogP contribution in [0.1, 0.15) is 40.7 Å². The zero-order chi connectivity index (χ0) is 15.2. The van der Waals surface area contributed by atoms with E-state index < -0.39 is 0 Å². The molecule has 0 radical (unpaired) electrons. The Morgan fingerprint density at radius 2 is 1.71 bits per heavy atom. The molecule has 2 aromatic rings. The van der Waals surface area contributed by atoms with Crippen LogP contribution >= 0.6 is 0 Å². The summed E-state index contributed by atoms with van der Waals surface area (Å²) >= 11 is 0. The molecular formula is C18H19NO2. The van der Waals surface area contributed by atoms with Gasteiger partial charge in [0.15, 0.2) is 5.78 Å². The standard InChI is InChI=1S/C18H19NO2/c1-13-8-10-15(11-9-13)14(2)17(19-21)12-18(20)16-6-4-3-5-7-16/h3-11,14,21H,12H2,1-2H3. The van der Waals surface area contributed by atoms with Gasteiger partial charge in [-0.15, -0.1) is 0 Å². The van der Waals surface area contributed by atoms with Crippen molar-refractivity contribution in [1.29, 1.82) is 0 Å². The van der Waals surface area contributed by atoms with Gasteiger partial charge in [-0.2, -0.15) is 0 Å². The van der Waals surface area contributed by atoms with Crippen molar-refractivity contribution in [2.45, 2.75) is 26.2 Å². The summed E-state index contributed by atoms with van der Waals surface area (Å²) in [6.07, 6.45) is 0.121. The van der Waals surface area contributed by atoms with E-state index in [1.807, 2.05) is 56.3 Å². The quantitative estimate of drug-likeness (QED) is 0.386. The largest absolute Gasteiger partial charge is 0.411 e. The van der Waals surface area contributed by atoms with Crippen LogP contribution in [0.5, 0.6) is 0 Å². The summed E-state index contributed by atoms with van der Waals surface area (Å²) in [5.41, 5.74) is 3.32. The Morgan fingerprint density at radius 3 is 2.29 bits per heavy atom. The normalized spacial score (nSPS) is 13.0. The Kier molecular flexibility index (Phi) is 4.88. The zero-order valence-corrected chi connectivity index (χ0v) is 12.3. The fraction of sp³-hybridized carbons (Fsp3) is 0.222. The molecule has 0 heterocycles. The lowest BCUT2D eigenvalue weighted by atomic mass is 9.91. The van der Waals surface area contributed by atoms with E-state index in [1.165, 1.54) is 5.56 Å². The summed E-state index contributed by atoms with van der Waals surface area (Å²) < 4.78 is 0. The predicted octanol–water partition coefficient (Wildman–Crippen LogP) is 4.20. The highest BCUT2D eigenvalue weighted by Gasteiger charge is 2.18. The number of carbonyl (C=O) groups excluding carboxylic acids is 1. The minimum absolute atomic E-state index is 0.0395. The number of hydrogen-bond donors (Lipinski definition) is 1. The lowest BCUT2D eigenvalue weighted by Crippen LogP contribution is -2.15. The number of ketones is 1. The first-order valence-electron chi connectivity index (χ1n) is 6.97. The van der Waals surface area contributed by atoms with Crippen LogP contribution in [0.2, 0.25) is 0 Å². The first-order chi connectivity index (χ1) is 10.1. The fourth-order valence-corrected chi connectivity index (χ4v) is 2.21. The van der Waals surface area contributed by atoms with Gasteiger partial charge in [-0.25, -0.2) is 0 Å². The van der Waals surface area contributed by atoms with Crippen molar-refractivity contribution in [2.24, 2.45) is 5.16 Å². The second-order valence-electron chi connectivity index (χ2n) is 5.19. The number of Topliss-reactive ketones (excluding diaryl/α,β-unsaturated/α-hetero) is 1. The highest BCUT2D eigenvalue weighted by atomic mass is 16.4. The molecule has 2 aromatic carbocycles. The molecule has 1 unspecified atom stereocenters. The topological polar surface area (TPSA) is 49.7 Å². The van der Waals surface area contributed by atoms with Crippen molar-refractivity contribution < 1.29 is 10.0 Å². The number of oxime groups is 1. The third-order valence-electron chi connectivity index (χ3n) is 3.64. The van der Waals surface area contributed by atoms with E-state index in [4.69, 9.17) is 0 Å². The molecule has 0 aliphatic carbocycles. The van der Waals surface area contributed by atoms with Crippen LogP contribution in [0, 0.1) is 6.92 Å². The third kappa shape index (κ3) is 3.78. The zero-order valence-electron chi connectivity index (χ0n) is 12.3. The van der Waals surface area contributed by atoms with Gasteiger partial charge in [0.25, 0.3) is 0 Å². The minimum atomic E-state index is -0.0942. The average Bonchev–Trinajstić information content (AvgIpc) is 2.53. The highest BCUT2D eigenvalue weighted by Crippen LogP contribution is 2.20. The molecule has 0 aromatic heterocycles. The molecule has 0 bridgehead atoms. The molecule has 108 valence electrons. The summed E-state index contributed by atoms with van der Waals surface area (Å²) in [6, 6.07) is 17.1. The van der Waals surface area contributed by atoms with E-state index in [9.17, 15) is 10.0 Å². The Hall–Kier alpha value is -2.42. The van der Waals surface area contributed by atoms with Gasteiger partial charge in [-0.3, -0.25) is 4.79 Å². The average molecular weight is 281 g/mol.